The number of benzene rings is 3. The summed E-state index contributed by atoms with van der Waals surface area (Å²) in [6.07, 6.45) is 1.29. The minimum atomic E-state index is -0.585. The molecule has 0 fully saturated rings. The number of hydrogen-bond donors (Lipinski definition) is 1. The van der Waals surface area contributed by atoms with Crippen LogP contribution in [0.4, 0.5) is 5.69 Å². The first kappa shape index (κ1) is 23.0. The van der Waals surface area contributed by atoms with Gasteiger partial charge in [-0.15, -0.1) is 0 Å². The van der Waals surface area contributed by atoms with Gasteiger partial charge in [-0.05, 0) is 29.3 Å². The maximum atomic E-state index is 12.0. The van der Waals surface area contributed by atoms with Crippen molar-refractivity contribution in [1.82, 2.24) is 5.43 Å². The molecule has 0 saturated heterocycles. The van der Waals surface area contributed by atoms with Crippen LogP contribution in [0, 0.1) is 10.1 Å². The van der Waals surface area contributed by atoms with E-state index in [1.165, 1.54) is 23.9 Å². The van der Waals surface area contributed by atoms with Crippen molar-refractivity contribution >= 4 is 29.4 Å². The molecule has 0 spiro atoms. The molecule has 0 heterocycles. The second-order valence-electron chi connectivity index (χ2n) is 7.57. The second-order valence-corrected chi connectivity index (χ2v) is 7.97. The first-order valence-corrected chi connectivity index (χ1v) is 10.2. The number of ether oxygens (including phenoxy) is 1. The number of hydrogen-bond acceptors (Lipinski definition) is 5. The first-order valence-electron chi connectivity index (χ1n) is 9.82. The van der Waals surface area contributed by atoms with Gasteiger partial charge in [-0.25, -0.2) is 5.43 Å². The fraction of sp³-hybridized carbons (Fsp3) is 0.167. The van der Waals surface area contributed by atoms with Crippen LogP contribution in [-0.4, -0.2) is 23.7 Å². The average Bonchev–Trinajstić information content (AvgIpc) is 2.79. The van der Waals surface area contributed by atoms with Gasteiger partial charge in [0.15, 0.2) is 6.61 Å². The van der Waals surface area contributed by atoms with Gasteiger partial charge in [0.05, 0.1) is 11.1 Å². The zero-order valence-electron chi connectivity index (χ0n) is 17.6. The topological polar surface area (TPSA) is 93.8 Å². The maximum Gasteiger partial charge on any atom is 0.288 e. The normalized spacial score (nSPS) is 11.3. The summed E-state index contributed by atoms with van der Waals surface area (Å²) >= 11 is 5.77. The predicted octanol–water partition coefficient (Wildman–Crippen LogP) is 5.10. The molecule has 1 N–H and O–H groups in total. The van der Waals surface area contributed by atoms with E-state index in [9.17, 15) is 14.9 Å². The van der Waals surface area contributed by atoms with Crippen LogP contribution >= 0.6 is 11.6 Å². The average molecular weight is 452 g/mol. The molecule has 0 bridgehead atoms. The zero-order chi connectivity index (χ0) is 23.1. The van der Waals surface area contributed by atoms with Crippen molar-refractivity contribution in [3.63, 3.8) is 0 Å². The smallest absolute Gasteiger partial charge is 0.288 e. The van der Waals surface area contributed by atoms with Crippen LogP contribution in [0.15, 0.2) is 77.9 Å². The molecule has 0 aliphatic heterocycles. The van der Waals surface area contributed by atoms with Crippen molar-refractivity contribution in [2.45, 2.75) is 19.3 Å². The highest BCUT2D eigenvalue weighted by Crippen LogP contribution is 2.32. The van der Waals surface area contributed by atoms with Crippen LogP contribution in [-0.2, 0) is 10.2 Å². The minimum Gasteiger partial charge on any atom is -0.484 e. The van der Waals surface area contributed by atoms with Gasteiger partial charge < -0.3 is 4.74 Å². The summed E-state index contributed by atoms with van der Waals surface area (Å²) in [5, 5.41) is 14.7. The summed E-state index contributed by atoms with van der Waals surface area (Å²) in [7, 11) is 0. The van der Waals surface area contributed by atoms with E-state index in [1.54, 1.807) is 6.07 Å². The van der Waals surface area contributed by atoms with E-state index in [-0.39, 0.29) is 22.7 Å². The third-order valence-electron chi connectivity index (χ3n) is 5.01. The van der Waals surface area contributed by atoms with Crippen molar-refractivity contribution in [3.8, 4) is 5.75 Å². The maximum absolute atomic E-state index is 12.0. The largest absolute Gasteiger partial charge is 0.484 e. The number of nitro benzene ring substituents is 1. The Bertz CT molecular complexity index is 1130. The molecule has 3 aromatic rings. The standard InChI is InChI=1S/C24H22ClN3O4/c1-24(2,18-6-4-3-5-7-18)19-9-11-20(12-10-19)32-16-23(29)27-26-15-17-8-13-21(25)22(14-17)28(30)31/h3-15H,16H2,1-2H3,(H,27,29). The third kappa shape index (κ3) is 5.70. The van der Waals surface area contributed by atoms with Gasteiger partial charge >= 0.3 is 0 Å². The zero-order valence-corrected chi connectivity index (χ0v) is 18.4. The molecule has 0 aromatic heterocycles. The van der Waals surface area contributed by atoms with Crippen molar-refractivity contribution in [2.24, 2.45) is 5.10 Å². The van der Waals surface area contributed by atoms with E-state index < -0.39 is 10.8 Å². The van der Waals surface area contributed by atoms with Crippen LogP contribution in [0.25, 0.3) is 0 Å². The van der Waals surface area contributed by atoms with E-state index in [1.807, 2.05) is 42.5 Å². The molecule has 8 heteroatoms. The predicted molar refractivity (Wildman–Crippen MR) is 124 cm³/mol. The Morgan fingerprint density at radius 3 is 2.41 bits per heavy atom. The van der Waals surface area contributed by atoms with Crippen LogP contribution in [0.1, 0.15) is 30.5 Å². The molecule has 0 aliphatic carbocycles. The Labute approximate surface area is 190 Å². The van der Waals surface area contributed by atoms with E-state index in [2.05, 4.69) is 36.5 Å². The van der Waals surface area contributed by atoms with Crippen LogP contribution < -0.4 is 10.2 Å². The fourth-order valence-corrected chi connectivity index (χ4v) is 3.29. The number of rotatable bonds is 8. The molecule has 0 atom stereocenters. The molecule has 32 heavy (non-hydrogen) atoms. The highest BCUT2D eigenvalue weighted by Gasteiger charge is 2.22. The van der Waals surface area contributed by atoms with Crippen molar-refractivity contribution < 1.29 is 14.5 Å². The molecule has 164 valence electrons. The molecule has 0 unspecified atom stereocenters. The quantitative estimate of drug-likeness (QED) is 0.293. The summed E-state index contributed by atoms with van der Waals surface area (Å²) in [4.78, 5) is 22.3. The van der Waals surface area contributed by atoms with Crippen LogP contribution in [0.5, 0.6) is 5.75 Å². The van der Waals surface area contributed by atoms with Crippen LogP contribution in [0.3, 0.4) is 0 Å². The lowest BCUT2D eigenvalue weighted by atomic mass is 9.78. The number of carbonyl (C=O) groups excluding carboxylic acids is 1. The number of hydrazone groups is 1. The van der Waals surface area contributed by atoms with Crippen molar-refractivity contribution in [1.29, 1.82) is 0 Å². The molecule has 0 aliphatic rings. The van der Waals surface area contributed by atoms with Crippen molar-refractivity contribution in [2.75, 3.05) is 6.61 Å². The van der Waals surface area contributed by atoms with E-state index in [0.29, 0.717) is 11.3 Å². The van der Waals surface area contributed by atoms with Gasteiger partial charge in [-0.1, -0.05) is 74.0 Å². The Kier molecular flexibility index (Phi) is 7.22. The first-order chi connectivity index (χ1) is 15.3. The molecule has 3 aromatic carbocycles. The van der Waals surface area contributed by atoms with Gasteiger partial charge in [0.2, 0.25) is 0 Å². The lowest BCUT2D eigenvalue weighted by Crippen LogP contribution is -2.24. The molecular formula is C24H22ClN3O4. The second kappa shape index (κ2) is 10.1. The Balaban J connectivity index is 1.54. The number of amides is 1. The Morgan fingerprint density at radius 1 is 1.09 bits per heavy atom. The number of carbonyl (C=O) groups is 1. The minimum absolute atomic E-state index is 0.0303. The summed E-state index contributed by atoms with van der Waals surface area (Å²) in [5.74, 6) is 0.100. The van der Waals surface area contributed by atoms with Gasteiger partial charge in [0.1, 0.15) is 10.8 Å². The summed E-state index contributed by atoms with van der Waals surface area (Å²) in [6, 6.07) is 22.0. The van der Waals surface area contributed by atoms with Gasteiger partial charge in [0, 0.05) is 17.0 Å². The Morgan fingerprint density at radius 2 is 1.75 bits per heavy atom. The molecule has 1 amide bonds. The highest BCUT2D eigenvalue weighted by atomic mass is 35.5. The molecular weight excluding hydrogens is 430 g/mol. The van der Waals surface area contributed by atoms with Crippen molar-refractivity contribution in [3.05, 3.63) is 105 Å². The van der Waals surface area contributed by atoms with Gasteiger partial charge in [0.25, 0.3) is 11.6 Å². The highest BCUT2D eigenvalue weighted by molar-refractivity contribution is 6.32. The number of halogens is 1. The van der Waals surface area contributed by atoms with Crippen LogP contribution in [0.2, 0.25) is 5.02 Å². The summed E-state index contributed by atoms with van der Waals surface area (Å²) in [6.45, 7) is 4.08. The summed E-state index contributed by atoms with van der Waals surface area (Å²) < 4.78 is 5.52. The monoisotopic (exact) mass is 451 g/mol. The van der Waals surface area contributed by atoms with Gasteiger partial charge in [-0.2, -0.15) is 5.10 Å². The lowest BCUT2D eigenvalue weighted by molar-refractivity contribution is -0.384. The third-order valence-corrected chi connectivity index (χ3v) is 5.33. The fourth-order valence-electron chi connectivity index (χ4n) is 3.10. The summed E-state index contributed by atoms with van der Waals surface area (Å²) in [5.41, 5.74) is 4.69. The number of nitrogens with one attached hydrogen (secondary N) is 1. The molecule has 0 radical (unpaired) electrons. The van der Waals surface area contributed by atoms with E-state index in [4.69, 9.17) is 16.3 Å². The number of nitrogens with zero attached hydrogens (tertiary/aromatic N) is 2. The lowest BCUT2D eigenvalue weighted by Gasteiger charge is -2.26. The molecule has 0 saturated carbocycles. The van der Waals surface area contributed by atoms with E-state index in [0.717, 1.165) is 5.56 Å². The SMILES string of the molecule is CC(C)(c1ccccc1)c1ccc(OCC(=O)NN=Cc2ccc(Cl)c([N+](=O)[O-])c2)cc1. The number of nitro groups is 1. The van der Waals surface area contributed by atoms with E-state index >= 15 is 0 Å². The Hall–Kier alpha value is -3.71. The van der Waals surface area contributed by atoms with Gasteiger partial charge in [-0.3, -0.25) is 14.9 Å². The molecule has 3 rings (SSSR count). The molecule has 7 nitrogen and oxygen atoms in total.